The van der Waals surface area contributed by atoms with Crippen LogP contribution in [0.5, 0.6) is 0 Å². The molecular weight excluding hydrogens is 551 g/mol. The van der Waals surface area contributed by atoms with Gasteiger partial charge in [0.1, 0.15) is 0 Å². The van der Waals surface area contributed by atoms with Crippen molar-refractivity contribution in [2.75, 3.05) is 0 Å². The lowest BCUT2D eigenvalue weighted by atomic mass is 10.1. The van der Waals surface area contributed by atoms with Crippen LogP contribution in [0, 0.1) is 0 Å². The molecule has 0 atom stereocenters. The molecule has 0 aliphatic heterocycles. The van der Waals surface area contributed by atoms with Crippen molar-refractivity contribution in [3.8, 4) is 17.1 Å². The molecule has 0 radical (unpaired) electrons. The van der Waals surface area contributed by atoms with Gasteiger partial charge in [0.05, 0.1) is 11.0 Å². The first-order valence-corrected chi connectivity index (χ1v) is 16.9. The Bertz CT molecular complexity index is 2170. The molecule has 0 fully saturated rings. The van der Waals surface area contributed by atoms with Gasteiger partial charge in [0.2, 0.25) is 8.07 Å². The summed E-state index contributed by atoms with van der Waals surface area (Å²) in [6, 6.07) is 60.8. The number of benzene rings is 6. The molecule has 208 valence electrons. The molecule has 44 heavy (non-hydrogen) atoms. The third kappa shape index (κ3) is 4.19. The van der Waals surface area contributed by atoms with E-state index in [1.54, 1.807) is 0 Å². The zero-order valence-corrected chi connectivity index (χ0v) is 25.1. The van der Waals surface area contributed by atoms with Crippen LogP contribution in [0.3, 0.4) is 0 Å². The van der Waals surface area contributed by atoms with Crippen LogP contribution in [0.4, 0.5) is 0 Å². The largest absolute Gasteiger partial charge is 0.309 e. The Morgan fingerprint density at radius 1 is 0.455 bits per heavy atom. The molecule has 8 aromatic rings. The van der Waals surface area contributed by atoms with E-state index in [1.807, 2.05) is 24.4 Å². The summed E-state index contributed by atoms with van der Waals surface area (Å²) < 4.78 is 2.38. The Morgan fingerprint density at radius 2 is 1.02 bits per heavy atom. The average molecular weight is 580 g/mol. The van der Waals surface area contributed by atoms with E-state index in [4.69, 9.17) is 9.97 Å². The zero-order chi connectivity index (χ0) is 29.3. The lowest BCUT2D eigenvalue weighted by Gasteiger charge is -2.33. The predicted octanol–water partition coefficient (Wildman–Crippen LogP) is 6.62. The summed E-state index contributed by atoms with van der Waals surface area (Å²) >= 11 is 0. The minimum atomic E-state index is -2.90. The Hall–Kier alpha value is -5.58. The maximum Gasteiger partial charge on any atom is 0.202 e. The first kappa shape index (κ1) is 26.1. The topological polar surface area (TPSA) is 30.7 Å². The highest BCUT2D eigenvalue weighted by Crippen LogP contribution is 2.32. The second-order valence-electron chi connectivity index (χ2n) is 11.0. The molecule has 4 heteroatoms. The van der Waals surface area contributed by atoms with Gasteiger partial charge in [-0.2, -0.15) is 0 Å². The van der Waals surface area contributed by atoms with Crippen molar-refractivity contribution < 1.29 is 0 Å². The highest BCUT2D eigenvalue weighted by Gasteiger charge is 2.43. The summed E-state index contributed by atoms with van der Waals surface area (Å²) in [4.78, 5) is 10.1. The molecule has 0 aliphatic carbocycles. The molecule has 0 spiro atoms. The summed E-state index contributed by atoms with van der Waals surface area (Å²) in [5.41, 5.74) is 4.56. The van der Waals surface area contributed by atoms with E-state index in [1.165, 1.54) is 37.4 Å². The van der Waals surface area contributed by atoms with E-state index in [0.29, 0.717) is 0 Å². The van der Waals surface area contributed by atoms with E-state index >= 15 is 0 Å². The fourth-order valence-corrected chi connectivity index (χ4v) is 11.2. The van der Waals surface area contributed by atoms with E-state index in [-0.39, 0.29) is 0 Å². The van der Waals surface area contributed by atoms with Crippen LogP contribution < -0.4 is 20.9 Å². The molecule has 0 aliphatic rings. The standard InChI is InChI=1S/C40H29N3Si/c1-5-15-30(16-6-1)40-41-28-27-39(42-40)44(32-19-9-3-10-20-32,33-21-11-4-12-22-33)34-25-26-38-36(29-34)35-23-13-14-24-37(35)43(38)31-17-7-2-8-18-31/h1-29H. The lowest BCUT2D eigenvalue weighted by Crippen LogP contribution is -2.75. The number of nitrogens with zero attached hydrogens (tertiary/aromatic N) is 3. The molecule has 2 aromatic heterocycles. The number of fused-ring (bicyclic) bond motifs is 3. The highest BCUT2D eigenvalue weighted by atomic mass is 28.3. The van der Waals surface area contributed by atoms with Gasteiger partial charge in [-0.05, 0) is 45.9 Å². The molecule has 2 heterocycles. The first-order valence-electron chi connectivity index (χ1n) is 14.9. The van der Waals surface area contributed by atoms with Crippen molar-refractivity contribution in [3.63, 3.8) is 0 Å². The van der Waals surface area contributed by atoms with Crippen LogP contribution in [-0.4, -0.2) is 22.6 Å². The first-order chi connectivity index (χ1) is 21.8. The Labute approximate surface area is 257 Å². The fraction of sp³-hybridized carbons (Fsp3) is 0. The van der Waals surface area contributed by atoms with Gasteiger partial charge in [0.15, 0.2) is 5.82 Å². The zero-order valence-electron chi connectivity index (χ0n) is 24.1. The molecule has 0 amide bonds. The van der Waals surface area contributed by atoms with Gasteiger partial charge in [0.25, 0.3) is 0 Å². The Balaban J connectivity index is 1.48. The van der Waals surface area contributed by atoms with Gasteiger partial charge in [-0.3, -0.25) is 0 Å². The van der Waals surface area contributed by atoms with Crippen molar-refractivity contribution in [3.05, 3.63) is 176 Å². The van der Waals surface area contributed by atoms with E-state index < -0.39 is 8.07 Å². The molecule has 6 aromatic carbocycles. The van der Waals surface area contributed by atoms with Gasteiger partial charge < -0.3 is 4.57 Å². The summed E-state index contributed by atoms with van der Waals surface area (Å²) in [7, 11) is -2.90. The average Bonchev–Trinajstić information content (AvgIpc) is 3.44. The lowest BCUT2D eigenvalue weighted by molar-refractivity contribution is 1.18. The quantitative estimate of drug-likeness (QED) is 0.164. The smallest absolute Gasteiger partial charge is 0.202 e. The number of hydrogen-bond donors (Lipinski definition) is 0. The monoisotopic (exact) mass is 579 g/mol. The molecule has 0 bridgehead atoms. The maximum absolute atomic E-state index is 5.39. The molecule has 0 N–H and O–H groups in total. The molecule has 3 nitrogen and oxygen atoms in total. The number of aromatic nitrogens is 3. The van der Waals surface area contributed by atoms with E-state index in [9.17, 15) is 0 Å². The van der Waals surface area contributed by atoms with E-state index in [2.05, 4.69) is 156 Å². The summed E-state index contributed by atoms with van der Waals surface area (Å²) in [5.74, 6) is 0.744. The molecular formula is C40H29N3Si. The minimum Gasteiger partial charge on any atom is -0.309 e. The molecule has 0 saturated carbocycles. The third-order valence-electron chi connectivity index (χ3n) is 8.61. The second kappa shape index (κ2) is 10.9. The normalized spacial score (nSPS) is 11.6. The van der Waals surface area contributed by atoms with Gasteiger partial charge >= 0.3 is 0 Å². The van der Waals surface area contributed by atoms with Gasteiger partial charge in [-0.15, -0.1) is 0 Å². The van der Waals surface area contributed by atoms with Crippen LogP contribution in [0.15, 0.2) is 176 Å². The molecule has 0 saturated heterocycles. The van der Waals surface area contributed by atoms with E-state index in [0.717, 1.165) is 22.4 Å². The minimum absolute atomic E-state index is 0.744. The number of para-hydroxylation sites is 2. The fourth-order valence-electron chi connectivity index (χ4n) is 6.68. The predicted molar refractivity (Wildman–Crippen MR) is 185 cm³/mol. The van der Waals surface area contributed by atoms with Gasteiger partial charge in [-0.1, -0.05) is 140 Å². The van der Waals surface area contributed by atoms with Gasteiger partial charge in [-0.25, -0.2) is 9.97 Å². The van der Waals surface area contributed by atoms with Crippen molar-refractivity contribution >= 4 is 50.8 Å². The van der Waals surface area contributed by atoms with Crippen LogP contribution in [0.2, 0.25) is 0 Å². The van der Waals surface area contributed by atoms with Crippen molar-refractivity contribution in [2.24, 2.45) is 0 Å². The molecule has 8 rings (SSSR count). The second-order valence-corrected chi connectivity index (χ2v) is 14.8. The molecule has 0 unspecified atom stereocenters. The van der Waals surface area contributed by atoms with Crippen LogP contribution in [-0.2, 0) is 0 Å². The van der Waals surface area contributed by atoms with Crippen molar-refractivity contribution in [2.45, 2.75) is 0 Å². The van der Waals surface area contributed by atoms with Gasteiger partial charge in [0, 0.05) is 33.5 Å². The van der Waals surface area contributed by atoms with Crippen LogP contribution >= 0.6 is 0 Å². The van der Waals surface area contributed by atoms with Crippen LogP contribution in [0.1, 0.15) is 0 Å². The summed E-state index contributed by atoms with van der Waals surface area (Å²) in [6.45, 7) is 0. The maximum atomic E-state index is 5.39. The van der Waals surface area contributed by atoms with Crippen molar-refractivity contribution in [1.29, 1.82) is 0 Å². The van der Waals surface area contributed by atoms with Crippen molar-refractivity contribution in [1.82, 2.24) is 14.5 Å². The summed E-state index contributed by atoms with van der Waals surface area (Å²) in [5, 5.41) is 7.41. The highest BCUT2D eigenvalue weighted by molar-refractivity contribution is 7.19. The number of rotatable bonds is 6. The Morgan fingerprint density at radius 3 is 1.70 bits per heavy atom. The Kier molecular flexibility index (Phi) is 6.47. The third-order valence-corrected chi connectivity index (χ3v) is 13.2. The van der Waals surface area contributed by atoms with Crippen LogP contribution in [0.25, 0.3) is 38.9 Å². The summed E-state index contributed by atoms with van der Waals surface area (Å²) in [6.07, 6.45) is 1.93. The number of hydrogen-bond acceptors (Lipinski definition) is 2. The SMILES string of the molecule is c1ccc(-c2nccc([Si](c3ccccc3)(c3ccccc3)c3ccc4c(c3)c3ccccc3n4-c3ccccc3)n2)cc1.